The van der Waals surface area contributed by atoms with E-state index in [1.807, 2.05) is 48.5 Å². The van der Waals surface area contributed by atoms with E-state index in [1.165, 1.54) is 5.56 Å². The van der Waals surface area contributed by atoms with Crippen LogP contribution in [0, 0.1) is 0 Å². The van der Waals surface area contributed by atoms with Gasteiger partial charge >= 0.3 is 0 Å². The predicted octanol–water partition coefficient (Wildman–Crippen LogP) is 3.94. The Hall–Kier alpha value is -1.91. The first kappa shape index (κ1) is 13.7. The summed E-state index contributed by atoms with van der Waals surface area (Å²) in [5, 5.41) is 1.24. The summed E-state index contributed by atoms with van der Waals surface area (Å²) in [5.74, 6) is 0.468. The van der Waals surface area contributed by atoms with Crippen molar-refractivity contribution in [2.24, 2.45) is 0 Å². The summed E-state index contributed by atoms with van der Waals surface area (Å²) in [6.45, 7) is 0. The van der Waals surface area contributed by atoms with Gasteiger partial charge in [0.2, 0.25) is 0 Å². The molecule has 3 nitrogen and oxygen atoms in total. The zero-order valence-electron chi connectivity index (χ0n) is 11.7. The standard InChI is InChI=1S/C17H13ClN2OS/c18-13-7-6-12-8-15-16(14(12)9-13)20-17(19-15)22(21)10-11-4-2-1-3-5-11/h1-7,9H,8,10H2,(H,19,20). The highest BCUT2D eigenvalue weighted by Crippen LogP contribution is 2.36. The molecule has 0 bridgehead atoms. The molecule has 1 aliphatic rings. The van der Waals surface area contributed by atoms with Crippen LogP contribution < -0.4 is 0 Å². The summed E-state index contributed by atoms with van der Waals surface area (Å²) in [6, 6.07) is 15.6. The molecule has 22 heavy (non-hydrogen) atoms. The van der Waals surface area contributed by atoms with E-state index in [2.05, 4.69) is 9.97 Å². The summed E-state index contributed by atoms with van der Waals surface area (Å²) in [7, 11) is -1.17. The number of benzene rings is 2. The molecule has 1 heterocycles. The van der Waals surface area contributed by atoms with Crippen LogP contribution in [0.1, 0.15) is 16.8 Å². The Labute approximate surface area is 135 Å². The van der Waals surface area contributed by atoms with Crippen molar-refractivity contribution in [3.05, 3.63) is 70.4 Å². The van der Waals surface area contributed by atoms with Gasteiger partial charge in [-0.3, -0.25) is 4.21 Å². The average molecular weight is 329 g/mol. The highest BCUT2D eigenvalue weighted by Gasteiger charge is 2.24. The zero-order chi connectivity index (χ0) is 15.1. The lowest BCUT2D eigenvalue weighted by Crippen LogP contribution is -1.99. The highest BCUT2D eigenvalue weighted by molar-refractivity contribution is 7.84. The van der Waals surface area contributed by atoms with Gasteiger partial charge in [0, 0.05) is 22.7 Å². The number of H-pyrrole nitrogens is 1. The Bertz CT molecular complexity index is 874. The van der Waals surface area contributed by atoms with Crippen LogP contribution in [-0.4, -0.2) is 14.2 Å². The van der Waals surface area contributed by atoms with Crippen molar-refractivity contribution in [1.82, 2.24) is 9.97 Å². The van der Waals surface area contributed by atoms with Gasteiger partial charge in [-0.05, 0) is 23.3 Å². The normalized spacial score (nSPS) is 13.7. The molecule has 5 heteroatoms. The van der Waals surface area contributed by atoms with Crippen LogP contribution in [0.5, 0.6) is 0 Å². The Morgan fingerprint density at radius 1 is 1.18 bits per heavy atom. The molecular formula is C17H13ClN2OS. The van der Waals surface area contributed by atoms with E-state index in [1.54, 1.807) is 0 Å². The number of fused-ring (bicyclic) bond motifs is 3. The number of nitrogens with one attached hydrogen (secondary N) is 1. The van der Waals surface area contributed by atoms with Crippen LogP contribution in [0.25, 0.3) is 11.3 Å². The van der Waals surface area contributed by atoms with Gasteiger partial charge in [-0.25, -0.2) is 4.98 Å². The fraction of sp³-hybridized carbons (Fsp3) is 0.118. The van der Waals surface area contributed by atoms with E-state index < -0.39 is 10.8 Å². The van der Waals surface area contributed by atoms with Crippen molar-refractivity contribution in [2.45, 2.75) is 17.3 Å². The van der Waals surface area contributed by atoms with Crippen LogP contribution in [0.3, 0.4) is 0 Å². The third-order valence-corrected chi connectivity index (χ3v) is 5.26. The first-order chi connectivity index (χ1) is 10.7. The molecule has 0 radical (unpaired) electrons. The SMILES string of the molecule is O=S(Cc1ccccc1)c1nc2c([nH]1)Cc1ccc(Cl)cc1-2. The number of hydrogen-bond donors (Lipinski definition) is 1. The van der Waals surface area contributed by atoms with E-state index in [0.29, 0.717) is 15.9 Å². The molecule has 0 aliphatic heterocycles. The molecule has 2 aromatic carbocycles. The molecule has 1 atom stereocenters. The molecular weight excluding hydrogens is 316 g/mol. The summed E-state index contributed by atoms with van der Waals surface area (Å²) < 4.78 is 12.5. The molecule has 1 N–H and O–H groups in total. The number of imidazole rings is 1. The first-order valence-corrected chi connectivity index (χ1v) is 8.70. The number of hydrogen-bond acceptors (Lipinski definition) is 2. The van der Waals surface area contributed by atoms with E-state index in [-0.39, 0.29) is 0 Å². The van der Waals surface area contributed by atoms with Gasteiger partial charge in [-0.1, -0.05) is 48.0 Å². The lowest BCUT2D eigenvalue weighted by molar-refractivity contribution is 0.676. The van der Waals surface area contributed by atoms with Crippen LogP contribution in [-0.2, 0) is 23.0 Å². The number of aromatic amines is 1. The molecule has 0 saturated carbocycles. The number of halogens is 1. The van der Waals surface area contributed by atoms with Gasteiger partial charge in [0.05, 0.1) is 22.2 Å². The third kappa shape index (κ3) is 2.38. The zero-order valence-corrected chi connectivity index (χ0v) is 13.2. The third-order valence-electron chi connectivity index (χ3n) is 3.81. The highest BCUT2D eigenvalue weighted by atomic mass is 35.5. The van der Waals surface area contributed by atoms with Crippen LogP contribution in [0.2, 0.25) is 5.02 Å². The first-order valence-electron chi connectivity index (χ1n) is 7.01. The molecule has 110 valence electrons. The van der Waals surface area contributed by atoms with Crippen molar-refractivity contribution in [1.29, 1.82) is 0 Å². The molecule has 4 rings (SSSR count). The minimum atomic E-state index is -1.17. The molecule has 3 aromatic rings. The second kappa shape index (κ2) is 5.38. The lowest BCUT2D eigenvalue weighted by Gasteiger charge is -2.01. The van der Waals surface area contributed by atoms with Gasteiger partial charge in [-0.15, -0.1) is 0 Å². The molecule has 0 saturated heterocycles. The maximum atomic E-state index is 12.5. The maximum Gasteiger partial charge on any atom is 0.197 e. The quantitative estimate of drug-likeness (QED) is 0.619. The van der Waals surface area contributed by atoms with Crippen molar-refractivity contribution in [3.8, 4) is 11.3 Å². The molecule has 1 unspecified atom stereocenters. The van der Waals surface area contributed by atoms with Gasteiger partial charge in [-0.2, -0.15) is 0 Å². The van der Waals surface area contributed by atoms with Crippen LogP contribution in [0.4, 0.5) is 0 Å². The average Bonchev–Trinajstić information content (AvgIpc) is 3.06. The second-order valence-corrected chi connectivity index (χ2v) is 7.13. The fourth-order valence-corrected chi connectivity index (χ4v) is 3.99. The summed E-state index contributed by atoms with van der Waals surface area (Å²) in [5.41, 5.74) is 5.20. The van der Waals surface area contributed by atoms with Gasteiger partial charge in [0.1, 0.15) is 0 Å². The fourth-order valence-electron chi connectivity index (χ4n) is 2.75. The molecule has 0 fully saturated rings. The van der Waals surface area contributed by atoms with E-state index in [0.717, 1.165) is 28.9 Å². The molecule has 1 aromatic heterocycles. The minimum absolute atomic E-state index is 0.468. The Kier molecular flexibility index (Phi) is 3.36. The molecule has 1 aliphatic carbocycles. The largest absolute Gasteiger partial charge is 0.334 e. The summed E-state index contributed by atoms with van der Waals surface area (Å²) in [6.07, 6.45) is 0.789. The predicted molar refractivity (Wildman–Crippen MR) is 88.4 cm³/mol. The van der Waals surface area contributed by atoms with Crippen LogP contribution >= 0.6 is 11.6 Å². The van der Waals surface area contributed by atoms with Gasteiger partial charge in [0.25, 0.3) is 0 Å². The van der Waals surface area contributed by atoms with Crippen molar-refractivity contribution in [2.75, 3.05) is 0 Å². The topological polar surface area (TPSA) is 45.8 Å². The van der Waals surface area contributed by atoms with Crippen molar-refractivity contribution >= 4 is 22.4 Å². The Balaban J connectivity index is 1.64. The maximum absolute atomic E-state index is 12.5. The molecule has 0 amide bonds. The number of aromatic nitrogens is 2. The van der Waals surface area contributed by atoms with E-state index in [9.17, 15) is 4.21 Å². The molecule has 0 spiro atoms. The monoisotopic (exact) mass is 328 g/mol. The van der Waals surface area contributed by atoms with Crippen molar-refractivity contribution < 1.29 is 4.21 Å². The Morgan fingerprint density at radius 3 is 2.82 bits per heavy atom. The lowest BCUT2D eigenvalue weighted by atomic mass is 10.1. The minimum Gasteiger partial charge on any atom is -0.334 e. The van der Waals surface area contributed by atoms with Gasteiger partial charge < -0.3 is 4.98 Å². The smallest absolute Gasteiger partial charge is 0.197 e. The summed E-state index contributed by atoms with van der Waals surface area (Å²) in [4.78, 5) is 7.78. The van der Waals surface area contributed by atoms with Crippen molar-refractivity contribution in [3.63, 3.8) is 0 Å². The number of nitrogens with zero attached hydrogens (tertiary/aromatic N) is 1. The van der Waals surface area contributed by atoms with Gasteiger partial charge in [0.15, 0.2) is 5.16 Å². The number of rotatable bonds is 3. The van der Waals surface area contributed by atoms with E-state index in [4.69, 9.17) is 11.6 Å². The van der Waals surface area contributed by atoms with Crippen LogP contribution in [0.15, 0.2) is 53.7 Å². The Morgan fingerprint density at radius 2 is 2.00 bits per heavy atom. The van der Waals surface area contributed by atoms with E-state index >= 15 is 0 Å². The summed E-state index contributed by atoms with van der Waals surface area (Å²) >= 11 is 6.07. The second-order valence-electron chi connectivity index (χ2n) is 5.32.